The van der Waals surface area contributed by atoms with Crippen molar-refractivity contribution >= 4 is 11.9 Å². The first-order valence-corrected chi connectivity index (χ1v) is 11.6. The first-order valence-electron chi connectivity index (χ1n) is 11.6. The topological polar surface area (TPSA) is 111 Å². The van der Waals surface area contributed by atoms with Gasteiger partial charge < -0.3 is 15.2 Å². The van der Waals surface area contributed by atoms with Crippen LogP contribution in [0.15, 0.2) is 89.7 Å². The number of carbonyl (C=O) groups is 2. The zero-order chi connectivity index (χ0) is 28.2. The second-order valence-electron chi connectivity index (χ2n) is 8.51. The summed E-state index contributed by atoms with van der Waals surface area (Å²) in [6.45, 7) is 1.66. The Morgan fingerprint density at radius 3 is 2.28 bits per heavy atom. The average molecular weight is 537 g/mol. The van der Waals surface area contributed by atoms with Crippen LogP contribution < -0.4 is 15.5 Å². The van der Waals surface area contributed by atoms with Crippen molar-refractivity contribution in [2.45, 2.75) is 25.7 Å². The summed E-state index contributed by atoms with van der Waals surface area (Å²) >= 11 is 0. The van der Waals surface area contributed by atoms with Gasteiger partial charge in [0.05, 0.1) is 11.3 Å². The highest BCUT2D eigenvalue weighted by Crippen LogP contribution is 2.33. The molecule has 0 bridgehead atoms. The molecule has 1 unspecified atom stereocenters. The van der Waals surface area contributed by atoms with Crippen LogP contribution >= 0.6 is 0 Å². The van der Waals surface area contributed by atoms with Crippen molar-refractivity contribution in [3.63, 3.8) is 0 Å². The first-order chi connectivity index (χ1) is 18.5. The van der Waals surface area contributed by atoms with Gasteiger partial charge in [-0.25, -0.2) is 9.48 Å². The third kappa shape index (κ3) is 6.32. The number of aliphatic carboxylic acids is 1. The number of alkyl halides is 3. The van der Waals surface area contributed by atoms with E-state index in [0.717, 1.165) is 28.4 Å². The lowest BCUT2D eigenvalue weighted by atomic mass is 10.1. The maximum absolute atomic E-state index is 13.6. The van der Waals surface area contributed by atoms with Gasteiger partial charge >= 0.3 is 12.1 Å². The number of aromatic nitrogens is 2. The van der Waals surface area contributed by atoms with Gasteiger partial charge in [-0.1, -0.05) is 54.6 Å². The molecule has 0 aliphatic rings. The standard InChI is InChI=1S/C28H22F3N3O5/c1-17-15-23(35)25(33-34(17)22-10-6-5-9-21(22)28(29,30)31)26(36)32-24(27(37)38)19-11-13-20(14-12-19)39-16-18-7-3-2-4-8-18/h2-15,24H,16H2,1H3,(H,32,36)(H,37,38). The van der Waals surface area contributed by atoms with Crippen LogP contribution in [0.2, 0.25) is 0 Å². The van der Waals surface area contributed by atoms with Crippen LogP contribution in [0.4, 0.5) is 13.2 Å². The lowest BCUT2D eigenvalue weighted by Gasteiger charge is -2.18. The summed E-state index contributed by atoms with van der Waals surface area (Å²) in [5.74, 6) is -2.12. The van der Waals surface area contributed by atoms with Gasteiger partial charge in [-0.3, -0.25) is 9.59 Å². The molecule has 200 valence electrons. The number of hydrogen-bond acceptors (Lipinski definition) is 5. The molecule has 2 N–H and O–H groups in total. The molecular formula is C28H22F3N3O5. The fraction of sp³-hybridized carbons (Fsp3) is 0.143. The van der Waals surface area contributed by atoms with Gasteiger partial charge in [0.25, 0.3) is 5.91 Å². The van der Waals surface area contributed by atoms with Crippen molar-refractivity contribution in [1.29, 1.82) is 0 Å². The molecule has 0 saturated carbocycles. The van der Waals surface area contributed by atoms with Crippen LogP contribution in [0.3, 0.4) is 0 Å². The Morgan fingerprint density at radius 1 is 1.00 bits per heavy atom. The van der Waals surface area contributed by atoms with Crippen LogP contribution in [-0.2, 0) is 17.6 Å². The van der Waals surface area contributed by atoms with E-state index >= 15 is 0 Å². The molecule has 1 atom stereocenters. The maximum atomic E-state index is 13.6. The summed E-state index contributed by atoms with van der Waals surface area (Å²) in [6.07, 6.45) is -4.72. The number of amides is 1. The molecule has 39 heavy (non-hydrogen) atoms. The van der Waals surface area contributed by atoms with E-state index in [9.17, 15) is 32.7 Å². The number of carboxylic acids is 1. The number of rotatable bonds is 8. The first kappa shape index (κ1) is 27.1. The van der Waals surface area contributed by atoms with E-state index in [2.05, 4.69) is 10.4 Å². The number of carboxylic acid groups (broad SMARTS) is 1. The largest absolute Gasteiger partial charge is 0.489 e. The van der Waals surface area contributed by atoms with Crippen molar-refractivity contribution in [1.82, 2.24) is 15.1 Å². The molecule has 0 aliphatic heterocycles. The van der Waals surface area contributed by atoms with Crippen molar-refractivity contribution in [3.05, 3.63) is 123 Å². The molecule has 0 saturated heterocycles. The Balaban J connectivity index is 1.58. The second-order valence-corrected chi connectivity index (χ2v) is 8.51. The molecule has 4 rings (SSSR count). The summed E-state index contributed by atoms with van der Waals surface area (Å²) in [5, 5.41) is 15.8. The zero-order valence-corrected chi connectivity index (χ0v) is 20.5. The second kappa shape index (κ2) is 11.2. The van der Waals surface area contributed by atoms with E-state index in [4.69, 9.17) is 4.74 Å². The Kier molecular flexibility index (Phi) is 7.80. The fourth-order valence-electron chi connectivity index (χ4n) is 3.83. The monoisotopic (exact) mass is 537 g/mol. The van der Waals surface area contributed by atoms with Gasteiger partial charge in [0.1, 0.15) is 12.4 Å². The van der Waals surface area contributed by atoms with Crippen molar-refractivity contribution in [2.75, 3.05) is 0 Å². The summed E-state index contributed by atoms with van der Waals surface area (Å²) in [6, 6.07) is 19.3. The number of nitrogens with zero attached hydrogens (tertiary/aromatic N) is 2. The van der Waals surface area contributed by atoms with E-state index in [1.54, 1.807) is 0 Å². The fourth-order valence-corrected chi connectivity index (χ4v) is 3.83. The number of carbonyl (C=O) groups excluding carboxylic acids is 1. The van der Waals surface area contributed by atoms with Crippen LogP contribution in [0.5, 0.6) is 5.75 Å². The maximum Gasteiger partial charge on any atom is 0.418 e. The quantitative estimate of drug-likeness (QED) is 0.337. The summed E-state index contributed by atoms with van der Waals surface area (Å²) in [5.41, 5.74) is -1.88. The minimum Gasteiger partial charge on any atom is -0.489 e. The van der Waals surface area contributed by atoms with Gasteiger partial charge in [0, 0.05) is 11.8 Å². The molecule has 1 amide bonds. The van der Waals surface area contributed by atoms with E-state index in [1.807, 2.05) is 30.3 Å². The van der Waals surface area contributed by atoms with Gasteiger partial charge in [0.15, 0.2) is 11.7 Å². The van der Waals surface area contributed by atoms with Crippen molar-refractivity contribution in [2.24, 2.45) is 0 Å². The summed E-state index contributed by atoms with van der Waals surface area (Å²) < 4.78 is 47.2. The van der Waals surface area contributed by atoms with Crippen LogP contribution in [-0.4, -0.2) is 26.8 Å². The number of ether oxygens (including phenoxy) is 1. The highest BCUT2D eigenvalue weighted by Gasteiger charge is 2.34. The van der Waals surface area contributed by atoms with Gasteiger partial charge in [0.2, 0.25) is 5.43 Å². The van der Waals surface area contributed by atoms with Crippen molar-refractivity contribution < 1.29 is 32.6 Å². The Bertz CT molecular complexity index is 1550. The number of hydrogen-bond donors (Lipinski definition) is 2. The van der Waals surface area contributed by atoms with Gasteiger partial charge in [-0.05, 0) is 42.3 Å². The number of halogens is 3. The molecule has 0 radical (unpaired) electrons. The molecule has 1 aromatic heterocycles. The lowest BCUT2D eigenvalue weighted by molar-refractivity contribution is -0.139. The minimum absolute atomic E-state index is 0.0501. The highest BCUT2D eigenvalue weighted by atomic mass is 19.4. The van der Waals surface area contributed by atoms with E-state index in [-0.39, 0.29) is 11.3 Å². The van der Waals surface area contributed by atoms with Crippen molar-refractivity contribution in [3.8, 4) is 11.4 Å². The smallest absolute Gasteiger partial charge is 0.418 e. The summed E-state index contributed by atoms with van der Waals surface area (Å²) in [4.78, 5) is 37.5. The third-order valence-electron chi connectivity index (χ3n) is 5.74. The minimum atomic E-state index is -4.72. The van der Waals surface area contributed by atoms with Gasteiger partial charge in [-0.2, -0.15) is 18.3 Å². The Hall–Kier alpha value is -4.93. The Morgan fingerprint density at radius 2 is 1.64 bits per heavy atom. The molecule has 4 aromatic rings. The predicted molar refractivity (Wildman–Crippen MR) is 135 cm³/mol. The highest BCUT2D eigenvalue weighted by molar-refractivity contribution is 5.95. The summed E-state index contributed by atoms with van der Waals surface area (Å²) in [7, 11) is 0. The molecule has 0 aliphatic carbocycles. The van der Waals surface area contributed by atoms with Crippen LogP contribution in [0, 0.1) is 6.92 Å². The van der Waals surface area contributed by atoms with E-state index in [0.29, 0.717) is 12.4 Å². The lowest BCUT2D eigenvalue weighted by Crippen LogP contribution is -2.37. The molecule has 11 heteroatoms. The SMILES string of the molecule is Cc1cc(=O)c(C(=O)NC(C(=O)O)c2ccc(OCc3ccccc3)cc2)nn1-c1ccccc1C(F)(F)F. The molecule has 0 spiro atoms. The normalized spacial score (nSPS) is 12.0. The molecule has 8 nitrogen and oxygen atoms in total. The molecule has 0 fully saturated rings. The number of benzene rings is 3. The Labute approximate surface area is 220 Å². The number of para-hydroxylation sites is 1. The number of aryl methyl sites for hydroxylation is 1. The van der Waals surface area contributed by atoms with Gasteiger partial charge in [-0.15, -0.1) is 0 Å². The van der Waals surface area contributed by atoms with E-state index < -0.39 is 46.5 Å². The molecule has 3 aromatic carbocycles. The van der Waals surface area contributed by atoms with Crippen LogP contribution in [0.1, 0.15) is 38.9 Å². The zero-order valence-electron chi connectivity index (χ0n) is 20.5. The predicted octanol–water partition coefficient (Wildman–Crippen LogP) is 4.69. The molecule has 1 heterocycles. The molecular weight excluding hydrogens is 515 g/mol. The number of nitrogens with one attached hydrogen (secondary N) is 1. The average Bonchev–Trinajstić information content (AvgIpc) is 2.91. The third-order valence-corrected chi connectivity index (χ3v) is 5.74. The van der Waals surface area contributed by atoms with Crippen LogP contribution in [0.25, 0.3) is 5.69 Å². The van der Waals surface area contributed by atoms with E-state index in [1.165, 1.54) is 43.3 Å².